The number of nitrogens with one attached hydrogen (secondary N) is 1. The third-order valence-electron chi connectivity index (χ3n) is 2.36. The minimum absolute atomic E-state index is 0.183. The second-order valence-corrected chi connectivity index (χ2v) is 5.64. The lowest BCUT2D eigenvalue weighted by atomic mass is 10.2. The summed E-state index contributed by atoms with van der Waals surface area (Å²) in [7, 11) is 0. The van der Waals surface area contributed by atoms with Crippen molar-refractivity contribution in [2.45, 2.75) is 39.3 Å². The Morgan fingerprint density at radius 2 is 2.14 bits per heavy atom. The van der Waals surface area contributed by atoms with Crippen molar-refractivity contribution < 1.29 is 18.7 Å². The van der Waals surface area contributed by atoms with E-state index in [0.29, 0.717) is 5.75 Å². The summed E-state index contributed by atoms with van der Waals surface area (Å²) in [6, 6.07) is 3.99. The molecule has 1 aromatic carbocycles. The van der Waals surface area contributed by atoms with E-state index in [1.54, 1.807) is 33.8 Å². The zero-order valence-electron chi connectivity index (χ0n) is 12.7. The minimum atomic E-state index is -0.557. The third-order valence-corrected chi connectivity index (χ3v) is 2.36. The van der Waals surface area contributed by atoms with Gasteiger partial charge in [0.1, 0.15) is 23.8 Å². The predicted octanol–water partition coefficient (Wildman–Crippen LogP) is 3.10. The maximum absolute atomic E-state index is 13.5. The molecule has 0 bridgehead atoms. The van der Waals surface area contributed by atoms with Crippen molar-refractivity contribution in [1.29, 1.82) is 0 Å². The molecule has 5 heteroatoms. The molecule has 1 atom stereocenters. The van der Waals surface area contributed by atoms with Gasteiger partial charge in [-0.2, -0.15) is 0 Å². The third kappa shape index (κ3) is 6.17. The fraction of sp³-hybridized carbons (Fsp3) is 0.438. The average Bonchev–Trinajstić information content (AvgIpc) is 2.34. The Morgan fingerprint density at radius 1 is 1.48 bits per heavy atom. The highest BCUT2D eigenvalue weighted by molar-refractivity contribution is 5.68. The van der Waals surface area contributed by atoms with Gasteiger partial charge in [-0.05, 0) is 39.8 Å². The SMILES string of the molecule is C#Cc1ccc(OC[C@H](C)NC(=O)OC(C)(C)C)cc1F. The minimum Gasteiger partial charge on any atom is -0.491 e. The molecular formula is C16H20FNO3. The quantitative estimate of drug-likeness (QED) is 0.868. The van der Waals surface area contributed by atoms with Crippen molar-refractivity contribution in [3.63, 3.8) is 0 Å². The van der Waals surface area contributed by atoms with Crippen molar-refractivity contribution in [1.82, 2.24) is 5.32 Å². The van der Waals surface area contributed by atoms with Gasteiger partial charge in [-0.3, -0.25) is 0 Å². The van der Waals surface area contributed by atoms with E-state index >= 15 is 0 Å². The molecule has 0 aliphatic carbocycles. The molecule has 0 saturated heterocycles. The fourth-order valence-electron chi connectivity index (χ4n) is 1.47. The maximum Gasteiger partial charge on any atom is 0.407 e. The molecule has 1 rings (SSSR count). The Hall–Kier alpha value is -2.22. The van der Waals surface area contributed by atoms with Gasteiger partial charge in [0.2, 0.25) is 0 Å². The topological polar surface area (TPSA) is 47.6 Å². The average molecular weight is 293 g/mol. The molecule has 0 aromatic heterocycles. The van der Waals surface area contributed by atoms with E-state index in [4.69, 9.17) is 15.9 Å². The van der Waals surface area contributed by atoms with Crippen LogP contribution < -0.4 is 10.1 Å². The highest BCUT2D eigenvalue weighted by atomic mass is 19.1. The zero-order chi connectivity index (χ0) is 16.0. The monoisotopic (exact) mass is 293 g/mol. The number of carbonyl (C=O) groups is 1. The van der Waals surface area contributed by atoms with Crippen LogP contribution in [0.3, 0.4) is 0 Å². The molecule has 0 heterocycles. The number of amides is 1. The standard InChI is InChI=1S/C16H20FNO3/c1-6-12-7-8-13(9-14(12)17)20-10-11(2)18-15(19)21-16(3,4)5/h1,7-9,11H,10H2,2-5H3,(H,18,19)/t11-/m0/s1. The fourth-order valence-corrected chi connectivity index (χ4v) is 1.47. The Morgan fingerprint density at radius 3 is 2.67 bits per heavy atom. The first-order valence-corrected chi connectivity index (χ1v) is 6.60. The van der Waals surface area contributed by atoms with Crippen LogP contribution in [-0.4, -0.2) is 24.3 Å². The normalized spacial score (nSPS) is 12.2. The van der Waals surface area contributed by atoms with E-state index in [1.807, 2.05) is 0 Å². The first kappa shape index (κ1) is 16.8. The molecule has 0 unspecified atom stereocenters. The summed E-state index contributed by atoms with van der Waals surface area (Å²) in [4.78, 5) is 11.5. The van der Waals surface area contributed by atoms with E-state index in [1.165, 1.54) is 12.1 Å². The van der Waals surface area contributed by atoms with Crippen molar-refractivity contribution >= 4 is 6.09 Å². The number of benzene rings is 1. The van der Waals surface area contributed by atoms with Crippen molar-refractivity contribution in [2.75, 3.05) is 6.61 Å². The molecule has 4 nitrogen and oxygen atoms in total. The molecule has 1 N–H and O–H groups in total. The second-order valence-electron chi connectivity index (χ2n) is 5.64. The highest BCUT2D eigenvalue weighted by Crippen LogP contribution is 2.16. The van der Waals surface area contributed by atoms with Crippen LogP contribution in [-0.2, 0) is 4.74 Å². The van der Waals surface area contributed by atoms with Crippen LogP contribution in [0.5, 0.6) is 5.75 Å². The molecule has 1 amide bonds. The van der Waals surface area contributed by atoms with E-state index in [-0.39, 0.29) is 18.2 Å². The largest absolute Gasteiger partial charge is 0.491 e. The van der Waals surface area contributed by atoms with Crippen LogP contribution in [0.4, 0.5) is 9.18 Å². The predicted molar refractivity (Wildman–Crippen MR) is 78.7 cm³/mol. The van der Waals surface area contributed by atoms with Crippen LogP contribution >= 0.6 is 0 Å². The summed E-state index contributed by atoms with van der Waals surface area (Å²) in [6.45, 7) is 7.29. The Labute approximate surface area is 124 Å². The number of halogens is 1. The first-order chi connectivity index (χ1) is 9.71. The molecule has 0 aliphatic heterocycles. The summed E-state index contributed by atoms with van der Waals surface area (Å²) in [5.74, 6) is 2.07. The van der Waals surface area contributed by atoms with E-state index in [9.17, 15) is 9.18 Å². The second kappa shape index (κ2) is 6.98. The van der Waals surface area contributed by atoms with E-state index < -0.39 is 17.5 Å². The number of hydrogen-bond donors (Lipinski definition) is 1. The van der Waals surface area contributed by atoms with Gasteiger partial charge in [0.05, 0.1) is 11.6 Å². The van der Waals surface area contributed by atoms with Crippen LogP contribution in [0.25, 0.3) is 0 Å². The van der Waals surface area contributed by atoms with Crippen LogP contribution in [0.2, 0.25) is 0 Å². The lowest BCUT2D eigenvalue weighted by Gasteiger charge is -2.22. The Balaban J connectivity index is 2.46. The number of carbonyl (C=O) groups excluding carboxylic acids is 1. The van der Waals surface area contributed by atoms with Gasteiger partial charge in [-0.15, -0.1) is 6.42 Å². The summed E-state index contributed by atoms with van der Waals surface area (Å²) in [5.41, 5.74) is -0.374. The number of ether oxygens (including phenoxy) is 2. The summed E-state index contributed by atoms with van der Waals surface area (Å²) in [6.07, 6.45) is 4.62. The molecular weight excluding hydrogens is 273 g/mol. The molecule has 0 aliphatic rings. The molecule has 0 spiro atoms. The molecule has 114 valence electrons. The van der Waals surface area contributed by atoms with Crippen LogP contribution in [0.1, 0.15) is 33.3 Å². The van der Waals surface area contributed by atoms with Crippen molar-refractivity contribution in [3.8, 4) is 18.1 Å². The highest BCUT2D eigenvalue weighted by Gasteiger charge is 2.17. The zero-order valence-corrected chi connectivity index (χ0v) is 12.7. The Bertz CT molecular complexity index is 543. The number of terminal acetylenes is 1. The van der Waals surface area contributed by atoms with Gasteiger partial charge in [0.15, 0.2) is 0 Å². The lowest BCUT2D eigenvalue weighted by molar-refractivity contribution is 0.0494. The molecule has 1 aromatic rings. The van der Waals surface area contributed by atoms with Gasteiger partial charge in [0, 0.05) is 6.07 Å². The summed E-state index contributed by atoms with van der Waals surface area (Å²) in [5, 5.41) is 2.63. The smallest absolute Gasteiger partial charge is 0.407 e. The number of rotatable bonds is 4. The van der Waals surface area contributed by atoms with E-state index in [2.05, 4.69) is 11.2 Å². The van der Waals surface area contributed by atoms with Crippen molar-refractivity contribution in [2.24, 2.45) is 0 Å². The molecule has 0 fully saturated rings. The van der Waals surface area contributed by atoms with Gasteiger partial charge in [0.25, 0.3) is 0 Å². The first-order valence-electron chi connectivity index (χ1n) is 6.60. The Kier molecular flexibility index (Phi) is 5.60. The van der Waals surface area contributed by atoms with Crippen LogP contribution in [0.15, 0.2) is 18.2 Å². The van der Waals surface area contributed by atoms with E-state index in [0.717, 1.165) is 0 Å². The van der Waals surface area contributed by atoms with Gasteiger partial charge >= 0.3 is 6.09 Å². The summed E-state index contributed by atoms with van der Waals surface area (Å²) >= 11 is 0. The molecule has 0 radical (unpaired) electrons. The van der Waals surface area contributed by atoms with Crippen LogP contribution in [0, 0.1) is 18.2 Å². The summed E-state index contributed by atoms with van der Waals surface area (Å²) < 4.78 is 24.0. The number of hydrogen-bond acceptors (Lipinski definition) is 3. The maximum atomic E-state index is 13.5. The van der Waals surface area contributed by atoms with Gasteiger partial charge in [-0.1, -0.05) is 5.92 Å². The van der Waals surface area contributed by atoms with Gasteiger partial charge in [-0.25, -0.2) is 9.18 Å². The van der Waals surface area contributed by atoms with Crippen molar-refractivity contribution in [3.05, 3.63) is 29.6 Å². The lowest BCUT2D eigenvalue weighted by Crippen LogP contribution is -2.40. The number of alkyl carbamates (subject to hydrolysis) is 1. The molecule has 0 saturated carbocycles. The van der Waals surface area contributed by atoms with Gasteiger partial charge < -0.3 is 14.8 Å². The molecule has 21 heavy (non-hydrogen) atoms.